The highest BCUT2D eigenvalue weighted by Crippen LogP contribution is 2.24. The van der Waals surface area contributed by atoms with Gasteiger partial charge in [-0.15, -0.1) is 11.8 Å². The Bertz CT molecular complexity index is 679. The molecule has 3 nitrogen and oxygen atoms in total. The third kappa shape index (κ3) is 4.15. The van der Waals surface area contributed by atoms with Gasteiger partial charge in [0.15, 0.2) is 0 Å². The molecular formula is C15H13BrClNO2S. The van der Waals surface area contributed by atoms with Crippen LogP contribution >= 0.6 is 39.3 Å². The van der Waals surface area contributed by atoms with Crippen LogP contribution in [0, 0.1) is 0 Å². The number of amides is 1. The first-order valence-corrected chi connectivity index (χ1v) is 8.50. The summed E-state index contributed by atoms with van der Waals surface area (Å²) in [4.78, 5) is 13.2. The second kappa shape index (κ2) is 7.20. The van der Waals surface area contributed by atoms with Crippen molar-refractivity contribution >= 4 is 45.2 Å². The van der Waals surface area contributed by atoms with Gasteiger partial charge in [-0.3, -0.25) is 4.79 Å². The highest BCUT2D eigenvalue weighted by Gasteiger charge is 2.12. The molecule has 0 spiro atoms. The van der Waals surface area contributed by atoms with Crippen molar-refractivity contribution in [3.63, 3.8) is 0 Å². The van der Waals surface area contributed by atoms with Crippen molar-refractivity contribution in [2.24, 2.45) is 0 Å². The maximum Gasteiger partial charge on any atom is 0.253 e. The molecule has 2 aromatic rings. The second-order valence-corrected chi connectivity index (χ2v) is 6.50. The van der Waals surface area contributed by atoms with Crippen molar-refractivity contribution in [2.45, 2.75) is 11.4 Å². The molecule has 0 bridgehead atoms. The standard InChI is InChI=1S/C15H13BrClNO2S/c1-21-11-3-4-13(17)12(7-11)15(20)18-8-9-6-10(16)2-5-14(9)19/h2-7,19H,8H2,1H3,(H,18,20). The predicted molar refractivity (Wildman–Crippen MR) is 90.2 cm³/mol. The number of thioether (sulfide) groups is 1. The van der Waals surface area contributed by atoms with E-state index in [1.54, 1.807) is 42.1 Å². The van der Waals surface area contributed by atoms with Gasteiger partial charge in [0.05, 0.1) is 10.6 Å². The molecule has 2 N–H and O–H groups in total. The zero-order chi connectivity index (χ0) is 15.4. The number of nitrogens with one attached hydrogen (secondary N) is 1. The van der Waals surface area contributed by atoms with Crippen molar-refractivity contribution in [3.05, 3.63) is 57.0 Å². The van der Waals surface area contributed by atoms with Gasteiger partial charge in [-0.25, -0.2) is 0 Å². The number of aromatic hydroxyl groups is 1. The fourth-order valence-electron chi connectivity index (χ4n) is 1.77. The molecular weight excluding hydrogens is 374 g/mol. The summed E-state index contributed by atoms with van der Waals surface area (Å²) in [5, 5.41) is 12.9. The number of phenolic OH excluding ortho intramolecular Hbond substituents is 1. The molecule has 2 rings (SSSR count). The fraction of sp³-hybridized carbons (Fsp3) is 0.133. The molecule has 0 aliphatic carbocycles. The number of hydrogen-bond acceptors (Lipinski definition) is 3. The molecule has 2 aromatic carbocycles. The van der Waals surface area contributed by atoms with Crippen LogP contribution in [-0.2, 0) is 6.54 Å². The first-order chi connectivity index (χ1) is 10.0. The third-order valence-electron chi connectivity index (χ3n) is 2.90. The Morgan fingerprint density at radius 3 is 2.81 bits per heavy atom. The first-order valence-electron chi connectivity index (χ1n) is 6.10. The summed E-state index contributed by atoms with van der Waals surface area (Å²) in [6, 6.07) is 10.4. The lowest BCUT2D eigenvalue weighted by atomic mass is 10.1. The van der Waals surface area contributed by atoms with Crippen LogP contribution in [0.4, 0.5) is 0 Å². The summed E-state index contributed by atoms with van der Waals surface area (Å²) >= 11 is 10.9. The molecule has 0 saturated heterocycles. The molecule has 1 amide bonds. The van der Waals surface area contributed by atoms with Gasteiger partial charge in [0.2, 0.25) is 0 Å². The van der Waals surface area contributed by atoms with Crippen LogP contribution in [0.2, 0.25) is 5.02 Å². The lowest BCUT2D eigenvalue weighted by Gasteiger charge is -2.09. The van der Waals surface area contributed by atoms with E-state index in [9.17, 15) is 9.90 Å². The SMILES string of the molecule is CSc1ccc(Cl)c(C(=O)NCc2cc(Br)ccc2O)c1. The molecule has 0 aliphatic heterocycles. The lowest BCUT2D eigenvalue weighted by molar-refractivity contribution is 0.0950. The van der Waals surface area contributed by atoms with Crippen LogP contribution in [0.1, 0.15) is 15.9 Å². The normalized spacial score (nSPS) is 10.4. The molecule has 0 atom stereocenters. The van der Waals surface area contributed by atoms with Crippen LogP contribution in [0.25, 0.3) is 0 Å². The fourth-order valence-corrected chi connectivity index (χ4v) is 2.82. The predicted octanol–water partition coefficient (Wildman–Crippen LogP) is 4.46. The number of rotatable bonds is 4. The van der Waals surface area contributed by atoms with Gasteiger partial charge in [0, 0.05) is 21.5 Å². The molecule has 0 heterocycles. The van der Waals surface area contributed by atoms with E-state index in [-0.39, 0.29) is 18.2 Å². The molecule has 0 aliphatic rings. The summed E-state index contributed by atoms with van der Waals surface area (Å²) in [6.45, 7) is 0.226. The number of benzene rings is 2. The van der Waals surface area contributed by atoms with Crippen molar-refractivity contribution in [3.8, 4) is 5.75 Å². The van der Waals surface area contributed by atoms with Crippen LogP contribution in [0.15, 0.2) is 45.8 Å². The molecule has 0 fully saturated rings. The van der Waals surface area contributed by atoms with E-state index in [0.29, 0.717) is 16.1 Å². The smallest absolute Gasteiger partial charge is 0.253 e. The summed E-state index contributed by atoms with van der Waals surface area (Å²) in [6.07, 6.45) is 1.93. The molecule has 0 radical (unpaired) electrons. The molecule has 110 valence electrons. The van der Waals surface area contributed by atoms with Crippen molar-refractivity contribution in [1.82, 2.24) is 5.32 Å². The number of phenols is 1. The number of carbonyl (C=O) groups excluding carboxylic acids is 1. The van der Waals surface area contributed by atoms with Crippen molar-refractivity contribution < 1.29 is 9.90 Å². The van der Waals surface area contributed by atoms with Gasteiger partial charge >= 0.3 is 0 Å². The van der Waals surface area contributed by atoms with Crippen LogP contribution in [0.3, 0.4) is 0 Å². The highest BCUT2D eigenvalue weighted by molar-refractivity contribution is 9.10. The van der Waals surface area contributed by atoms with Crippen LogP contribution < -0.4 is 5.32 Å². The highest BCUT2D eigenvalue weighted by atomic mass is 79.9. The zero-order valence-electron chi connectivity index (χ0n) is 11.2. The second-order valence-electron chi connectivity index (χ2n) is 4.30. The van der Waals surface area contributed by atoms with E-state index in [1.165, 1.54) is 0 Å². The number of carbonyl (C=O) groups is 1. The minimum atomic E-state index is -0.268. The maximum atomic E-state index is 12.2. The minimum absolute atomic E-state index is 0.141. The van der Waals surface area contributed by atoms with Gasteiger partial charge in [-0.2, -0.15) is 0 Å². The Morgan fingerprint density at radius 1 is 1.33 bits per heavy atom. The Morgan fingerprint density at radius 2 is 2.10 bits per heavy atom. The zero-order valence-corrected chi connectivity index (χ0v) is 14.3. The molecule has 6 heteroatoms. The molecule has 0 saturated carbocycles. The van der Waals surface area contributed by atoms with Crippen LogP contribution in [0.5, 0.6) is 5.75 Å². The van der Waals surface area contributed by atoms with Gasteiger partial charge < -0.3 is 10.4 Å². The van der Waals surface area contributed by atoms with E-state index in [4.69, 9.17) is 11.6 Å². The van der Waals surface area contributed by atoms with E-state index in [2.05, 4.69) is 21.2 Å². The van der Waals surface area contributed by atoms with Gasteiger partial charge in [-0.1, -0.05) is 27.5 Å². The summed E-state index contributed by atoms with van der Waals surface area (Å²) in [5.74, 6) is -0.127. The van der Waals surface area contributed by atoms with Gasteiger partial charge in [0.25, 0.3) is 5.91 Å². The van der Waals surface area contributed by atoms with Crippen molar-refractivity contribution in [1.29, 1.82) is 0 Å². The van der Waals surface area contributed by atoms with E-state index >= 15 is 0 Å². The first kappa shape index (κ1) is 16.2. The van der Waals surface area contributed by atoms with Crippen LogP contribution in [-0.4, -0.2) is 17.3 Å². The van der Waals surface area contributed by atoms with E-state index in [0.717, 1.165) is 9.37 Å². The monoisotopic (exact) mass is 385 g/mol. The van der Waals surface area contributed by atoms with Gasteiger partial charge in [0.1, 0.15) is 5.75 Å². The average molecular weight is 387 g/mol. The molecule has 0 unspecified atom stereocenters. The summed E-state index contributed by atoms with van der Waals surface area (Å²) < 4.78 is 0.840. The van der Waals surface area contributed by atoms with Gasteiger partial charge in [-0.05, 0) is 42.7 Å². The Hall–Kier alpha value is -1.17. The quantitative estimate of drug-likeness (QED) is 0.763. The molecule has 21 heavy (non-hydrogen) atoms. The molecule has 0 aromatic heterocycles. The number of halogens is 2. The lowest BCUT2D eigenvalue weighted by Crippen LogP contribution is -2.23. The minimum Gasteiger partial charge on any atom is -0.508 e. The van der Waals surface area contributed by atoms with Crippen molar-refractivity contribution in [2.75, 3.05) is 6.26 Å². The third-order valence-corrected chi connectivity index (χ3v) is 4.45. The largest absolute Gasteiger partial charge is 0.508 e. The Balaban J connectivity index is 2.13. The summed E-state index contributed by atoms with van der Waals surface area (Å²) in [5.41, 5.74) is 1.06. The van der Waals surface area contributed by atoms with E-state index in [1.807, 2.05) is 12.3 Å². The number of hydrogen-bond donors (Lipinski definition) is 2. The summed E-state index contributed by atoms with van der Waals surface area (Å²) in [7, 11) is 0. The Labute approximate surface area is 140 Å². The van der Waals surface area contributed by atoms with E-state index < -0.39 is 0 Å². The average Bonchev–Trinajstić information content (AvgIpc) is 2.48. The maximum absolute atomic E-state index is 12.2. The Kier molecular flexibility index (Phi) is 5.56. The topological polar surface area (TPSA) is 49.3 Å².